The Morgan fingerprint density at radius 3 is 3.03 bits per heavy atom. The molecule has 5 aromatic rings. The van der Waals surface area contributed by atoms with Gasteiger partial charge in [0.25, 0.3) is 5.56 Å². The maximum Gasteiger partial charge on any atom is 0.291 e. The molecule has 0 aromatic carbocycles. The van der Waals surface area contributed by atoms with Gasteiger partial charge >= 0.3 is 0 Å². The monoisotopic (exact) mass is 452 g/mol. The minimum Gasteiger partial charge on any atom is -0.402 e. The normalized spacial score (nSPS) is 12.4. The molecule has 0 fully saturated rings. The van der Waals surface area contributed by atoms with Crippen LogP contribution in [0.3, 0.4) is 0 Å². The number of allylic oxidation sites excluding steroid dienone is 2. The average molecular weight is 453 g/mol. The number of thiazole rings is 1. The predicted octanol–water partition coefficient (Wildman–Crippen LogP) is 2.96. The number of hydrogen-bond acceptors (Lipinski definition) is 7. The van der Waals surface area contributed by atoms with Gasteiger partial charge in [0.15, 0.2) is 5.65 Å². The van der Waals surface area contributed by atoms with Crippen molar-refractivity contribution in [2.24, 2.45) is 12.8 Å². The van der Waals surface area contributed by atoms with Gasteiger partial charge in [0.2, 0.25) is 0 Å². The molecule has 0 unspecified atom stereocenters. The molecule has 0 saturated carbocycles. The Hall–Kier alpha value is -3.50. The molecule has 0 aliphatic carbocycles. The number of aryl methyl sites for hydroxylation is 1. The molecule has 156 valence electrons. The second-order valence-corrected chi connectivity index (χ2v) is 8.62. The summed E-state index contributed by atoms with van der Waals surface area (Å²) >= 11 is 7.47. The third kappa shape index (κ3) is 3.29. The van der Waals surface area contributed by atoms with E-state index >= 15 is 0 Å². The number of nitrogens with two attached hydrogens (primary N) is 1. The fraction of sp³-hybridized carbons (Fsp3) is 0.150. The predicted molar refractivity (Wildman–Crippen MR) is 123 cm³/mol. The molecule has 9 nitrogen and oxygen atoms in total. The van der Waals surface area contributed by atoms with Crippen molar-refractivity contribution in [2.75, 3.05) is 0 Å². The highest BCUT2D eigenvalue weighted by Gasteiger charge is 2.18. The number of H-pyrrole nitrogens is 1. The Bertz CT molecular complexity index is 1570. The number of pyridine rings is 1. The minimum absolute atomic E-state index is 0.207. The molecular formula is C20H17ClN8OS. The molecule has 0 amide bonds. The summed E-state index contributed by atoms with van der Waals surface area (Å²) in [4.78, 5) is 25.3. The SMILES string of the molecule is Cn1c2nc(CC(N)=CC=N)sc2c2cnn(Cc3ccc4cc(Cl)[nH]c4n3)c(=O)c21. The van der Waals surface area contributed by atoms with Crippen LogP contribution < -0.4 is 11.3 Å². The van der Waals surface area contributed by atoms with Crippen LogP contribution in [0.1, 0.15) is 10.7 Å². The van der Waals surface area contributed by atoms with Gasteiger partial charge in [-0.15, -0.1) is 11.3 Å². The number of aromatic nitrogens is 6. The van der Waals surface area contributed by atoms with Gasteiger partial charge in [-0.25, -0.2) is 14.6 Å². The van der Waals surface area contributed by atoms with Crippen molar-refractivity contribution in [1.82, 2.24) is 29.3 Å². The van der Waals surface area contributed by atoms with Gasteiger partial charge in [-0.2, -0.15) is 5.10 Å². The second-order valence-electron chi connectivity index (χ2n) is 7.13. The molecule has 0 spiro atoms. The number of nitrogens with zero attached hydrogens (tertiary/aromatic N) is 5. The fourth-order valence-corrected chi connectivity index (χ4v) is 4.96. The van der Waals surface area contributed by atoms with E-state index < -0.39 is 0 Å². The van der Waals surface area contributed by atoms with Gasteiger partial charge in [0, 0.05) is 36.2 Å². The zero-order valence-corrected chi connectivity index (χ0v) is 18.0. The molecule has 0 radical (unpaired) electrons. The number of nitrogens with one attached hydrogen (secondary N) is 2. The molecular weight excluding hydrogens is 436 g/mol. The van der Waals surface area contributed by atoms with Crippen LogP contribution >= 0.6 is 22.9 Å². The summed E-state index contributed by atoms with van der Waals surface area (Å²) in [6, 6.07) is 5.57. The zero-order chi connectivity index (χ0) is 21.7. The second kappa shape index (κ2) is 7.33. The van der Waals surface area contributed by atoms with Crippen molar-refractivity contribution in [1.29, 1.82) is 5.41 Å². The number of rotatable bonds is 5. The molecule has 5 heterocycles. The third-order valence-corrected chi connectivity index (χ3v) is 6.32. The van der Waals surface area contributed by atoms with Crippen LogP contribution in [0.2, 0.25) is 5.15 Å². The van der Waals surface area contributed by atoms with E-state index in [-0.39, 0.29) is 12.1 Å². The van der Waals surface area contributed by atoms with E-state index in [1.165, 1.54) is 22.1 Å². The van der Waals surface area contributed by atoms with Crippen molar-refractivity contribution >= 4 is 61.4 Å². The topological polar surface area (TPSA) is 131 Å². The molecule has 5 rings (SSSR count). The van der Waals surface area contributed by atoms with Crippen molar-refractivity contribution in [2.45, 2.75) is 13.0 Å². The molecule has 4 N–H and O–H groups in total. The Kier molecular flexibility index (Phi) is 4.60. The van der Waals surface area contributed by atoms with Crippen LogP contribution in [0.15, 0.2) is 41.0 Å². The summed E-state index contributed by atoms with van der Waals surface area (Å²) in [5.41, 5.74) is 8.88. The van der Waals surface area contributed by atoms with Crippen molar-refractivity contribution in [3.63, 3.8) is 0 Å². The zero-order valence-electron chi connectivity index (χ0n) is 16.4. The summed E-state index contributed by atoms with van der Waals surface area (Å²) in [5, 5.41) is 14.5. The van der Waals surface area contributed by atoms with E-state index in [1.54, 1.807) is 16.8 Å². The minimum atomic E-state index is -0.207. The van der Waals surface area contributed by atoms with Crippen molar-refractivity contribution in [3.8, 4) is 0 Å². The van der Waals surface area contributed by atoms with Crippen LogP contribution in [-0.4, -0.2) is 35.5 Å². The summed E-state index contributed by atoms with van der Waals surface area (Å²) in [6.45, 7) is 0.240. The van der Waals surface area contributed by atoms with Crippen LogP contribution in [0.25, 0.3) is 32.3 Å². The number of aromatic amines is 1. The van der Waals surface area contributed by atoms with E-state index in [0.29, 0.717) is 34.1 Å². The lowest BCUT2D eigenvalue weighted by molar-refractivity contribution is 0.634. The van der Waals surface area contributed by atoms with Crippen LogP contribution in [0.4, 0.5) is 0 Å². The van der Waals surface area contributed by atoms with E-state index in [4.69, 9.17) is 22.7 Å². The fourth-order valence-electron chi connectivity index (χ4n) is 3.62. The number of halogens is 1. The maximum atomic E-state index is 13.2. The third-order valence-electron chi connectivity index (χ3n) is 5.04. The van der Waals surface area contributed by atoms with Gasteiger partial charge < -0.3 is 20.7 Å². The first kappa shape index (κ1) is 19.5. The molecule has 0 bridgehead atoms. The molecule has 0 saturated heterocycles. The van der Waals surface area contributed by atoms with E-state index in [1.807, 2.05) is 19.2 Å². The Labute approximate surface area is 184 Å². The van der Waals surface area contributed by atoms with E-state index in [0.717, 1.165) is 32.3 Å². The first-order valence-corrected chi connectivity index (χ1v) is 10.6. The maximum absolute atomic E-state index is 13.2. The van der Waals surface area contributed by atoms with Crippen LogP contribution in [-0.2, 0) is 20.0 Å². The number of hydrogen-bond donors (Lipinski definition) is 3. The average Bonchev–Trinajstić information content (AvgIpc) is 3.37. The summed E-state index contributed by atoms with van der Waals surface area (Å²) in [7, 11) is 1.82. The molecule has 0 aliphatic heterocycles. The quantitative estimate of drug-likeness (QED) is 0.353. The first-order chi connectivity index (χ1) is 14.9. The van der Waals surface area contributed by atoms with Crippen LogP contribution in [0.5, 0.6) is 0 Å². The highest BCUT2D eigenvalue weighted by molar-refractivity contribution is 7.19. The number of fused-ring (bicyclic) bond motifs is 4. The molecule has 5 aromatic heterocycles. The van der Waals surface area contributed by atoms with Gasteiger partial charge in [-0.3, -0.25) is 4.79 Å². The smallest absolute Gasteiger partial charge is 0.291 e. The largest absolute Gasteiger partial charge is 0.402 e. The van der Waals surface area contributed by atoms with Crippen LogP contribution in [0, 0.1) is 5.41 Å². The van der Waals surface area contributed by atoms with Gasteiger partial charge in [0.1, 0.15) is 21.3 Å². The van der Waals surface area contributed by atoms with E-state index in [9.17, 15) is 4.79 Å². The lowest BCUT2D eigenvalue weighted by atomic mass is 10.3. The standard InChI is InChI=1S/C20H17ClN8OS/c1-28-16-13(17-19(28)27-15(31-17)7-11(23)4-5-22)8-24-29(20(16)30)9-12-3-2-10-6-14(21)26-18(10)25-12/h2-6,8,22H,7,9,23H2,1H3,(H,25,26). The summed E-state index contributed by atoms with van der Waals surface area (Å²) in [6.07, 6.45) is 4.85. The Morgan fingerprint density at radius 1 is 1.39 bits per heavy atom. The Balaban J connectivity index is 1.55. The first-order valence-electron chi connectivity index (χ1n) is 9.37. The summed E-state index contributed by atoms with van der Waals surface area (Å²) < 4.78 is 4.09. The van der Waals surface area contributed by atoms with Crippen molar-refractivity contribution < 1.29 is 0 Å². The highest BCUT2D eigenvalue weighted by atomic mass is 35.5. The molecule has 31 heavy (non-hydrogen) atoms. The molecule has 0 atom stereocenters. The Morgan fingerprint density at radius 2 is 2.23 bits per heavy atom. The van der Waals surface area contributed by atoms with Crippen molar-refractivity contribution in [3.05, 3.63) is 62.4 Å². The molecule has 0 aliphatic rings. The summed E-state index contributed by atoms with van der Waals surface area (Å²) in [5.74, 6) is 0. The lowest BCUT2D eigenvalue weighted by Crippen LogP contribution is -2.25. The lowest BCUT2D eigenvalue weighted by Gasteiger charge is -2.05. The van der Waals surface area contributed by atoms with Gasteiger partial charge in [-0.1, -0.05) is 11.6 Å². The highest BCUT2D eigenvalue weighted by Crippen LogP contribution is 2.31. The molecule has 11 heteroatoms. The van der Waals surface area contributed by atoms with E-state index in [2.05, 4.69) is 20.1 Å². The van der Waals surface area contributed by atoms with Gasteiger partial charge in [0.05, 0.1) is 23.1 Å². The van der Waals surface area contributed by atoms with Gasteiger partial charge in [-0.05, 0) is 24.3 Å².